The summed E-state index contributed by atoms with van der Waals surface area (Å²) >= 11 is 5.65. The molecule has 0 spiro atoms. The van der Waals surface area contributed by atoms with Crippen LogP contribution in [0, 0.1) is 13.8 Å². The summed E-state index contributed by atoms with van der Waals surface area (Å²) < 4.78 is 1.20. The van der Waals surface area contributed by atoms with Crippen LogP contribution in [-0.4, -0.2) is 6.54 Å². The number of halogens is 1. The Kier molecular flexibility index (Phi) is 6.03. The molecule has 0 aliphatic heterocycles. The first-order valence-electron chi connectivity index (χ1n) is 7.67. The minimum absolute atomic E-state index is 0.489. The molecule has 0 fully saturated rings. The summed E-state index contributed by atoms with van der Waals surface area (Å²) in [6.45, 7) is 9.78. The second-order valence-corrected chi connectivity index (χ2v) is 7.51. The van der Waals surface area contributed by atoms with Crippen molar-refractivity contribution in [3.8, 4) is 10.4 Å². The third-order valence-corrected chi connectivity index (χ3v) is 5.52. The molecule has 3 heteroatoms. The topological polar surface area (TPSA) is 12.0 Å². The van der Waals surface area contributed by atoms with Crippen LogP contribution >= 0.6 is 27.3 Å². The Morgan fingerprint density at radius 2 is 1.95 bits per heavy atom. The van der Waals surface area contributed by atoms with Crippen molar-refractivity contribution >= 4 is 27.3 Å². The summed E-state index contributed by atoms with van der Waals surface area (Å²) in [5.41, 5.74) is 3.98. The van der Waals surface area contributed by atoms with Gasteiger partial charge < -0.3 is 5.32 Å². The zero-order chi connectivity index (χ0) is 15.4. The Morgan fingerprint density at radius 3 is 2.57 bits per heavy atom. The molecule has 1 aromatic heterocycles. The van der Waals surface area contributed by atoms with Gasteiger partial charge in [-0.2, -0.15) is 0 Å². The van der Waals surface area contributed by atoms with Crippen molar-refractivity contribution in [2.45, 2.75) is 46.6 Å². The monoisotopic (exact) mass is 365 g/mol. The lowest BCUT2D eigenvalue weighted by molar-refractivity contribution is 0.516. The van der Waals surface area contributed by atoms with E-state index in [9.17, 15) is 0 Å². The van der Waals surface area contributed by atoms with Crippen LogP contribution in [-0.2, 0) is 0 Å². The summed E-state index contributed by atoms with van der Waals surface area (Å²) in [6, 6.07) is 9.50. The molecule has 1 heterocycles. The van der Waals surface area contributed by atoms with E-state index in [4.69, 9.17) is 0 Å². The molecule has 0 aliphatic rings. The quantitative estimate of drug-likeness (QED) is 0.638. The molecular formula is C18H24BrNS. The Labute approximate surface area is 140 Å². The summed E-state index contributed by atoms with van der Waals surface area (Å²) in [7, 11) is 0. The van der Waals surface area contributed by atoms with Gasteiger partial charge in [-0.3, -0.25) is 0 Å². The fourth-order valence-electron chi connectivity index (χ4n) is 2.78. The Hall–Kier alpha value is -0.640. The third kappa shape index (κ3) is 3.97. The van der Waals surface area contributed by atoms with Crippen LogP contribution in [0.15, 0.2) is 28.7 Å². The van der Waals surface area contributed by atoms with Crippen molar-refractivity contribution in [2.24, 2.45) is 0 Å². The summed E-state index contributed by atoms with van der Waals surface area (Å²) in [5, 5.41) is 3.60. The summed E-state index contributed by atoms with van der Waals surface area (Å²) in [4.78, 5) is 2.80. The van der Waals surface area contributed by atoms with E-state index < -0.39 is 0 Å². The van der Waals surface area contributed by atoms with Gasteiger partial charge in [0, 0.05) is 25.8 Å². The molecule has 1 aromatic carbocycles. The van der Waals surface area contributed by atoms with Crippen LogP contribution in [0.3, 0.4) is 0 Å². The molecule has 1 atom stereocenters. The minimum Gasteiger partial charge on any atom is -0.310 e. The van der Waals surface area contributed by atoms with Crippen LogP contribution < -0.4 is 5.32 Å². The Balaban J connectivity index is 2.35. The molecule has 0 saturated carbocycles. The standard InChI is InChI=1S/C18H24BrNS/c1-5-7-15(20-6-2)16-8-9-17(21-16)18-13(4)10-12(3)11-14(18)19/h8-11,15,20H,5-7H2,1-4H3. The van der Waals surface area contributed by atoms with Gasteiger partial charge in [0.25, 0.3) is 0 Å². The fourth-order valence-corrected chi connectivity index (χ4v) is 5.04. The average Bonchev–Trinajstić information content (AvgIpc) is 2.86. The predicted molar refractivity (Wildman–Crippen MR) is 98.3 cm³/mol. The first kappa shape index (κ1) is 16.7. The highest BCUT2D eigenvalue weighted by atomic mass is 79.9. The number of benzene rings is 1. The highest BCUT2D eigenvalue weighted by molar-refractivity contribution is 9.10. The van der Waals surface area contributed by atoms with E-state index in [-0.39, 0.29) is 0 Å². The van der Waals surface area contributed by atoms with Gasteiger partial charge in [-0.05, 0) is 56.1 Å². The molecule has 2 aromatic rings. The Bertz CT molecular complexity index is 574. The van der Waals surface area contributed by atoms with Crippen LogP contribution in [0.5, 0.6) is 0 Å². The first-order valence-corrected chi connectivity index (χ1v) is 9.28. The third-order valence-electron chi connectivity index (χ3n) is 3.68. The molecule has 2 rings (SSSR count). The highest BCUT2D eigenvalue weighted by Crippen LogP contribution is 2.39. The Morgan fingerprint density at radius 1 is 1.19 bits per heavy atom. The average molecular weight is 366 g/mol. The SMILES string of the molecule is CCCC(NCC)c1ccc(-c2c(C)cc(C)cc2Br)s1. The molecular weight excluding hydrogens is 342 g/mol. The van der Waals surface area contributed by atoms with Gasteiger partial charge >= 0.3 is 0 Å². The lowest BCUT2D eigenvalue weighted by Gasteiger charge is -2.15. The maximum atomic E-state index is 3.73. The first-order chi connectivity index (χ1) is 10.1. The van der Waals surface area contributed by atoms with Crippen molar-refractivity contribution in [2.75, 3.05) is 6.54 Å². The van der Waals surface area contributed by atoms with E-state index in [1.165, 1.54) is 43.8 Å². The van der Waals surface area contributed by atoms with Crippen LogP contribution in [0.2, 0.25) is 0 Å². The van der Waals surface area contributed by atoms with Crippen molar-refractivity contribution in [3.63, 3.8) is 0 Å². The summed E-state index contributed by atoms with van der Waals surface area (Å²) in [5.74, 6) is 0. The maximum absolute atomic E-state index is 3.73. The molecule has 0 aliphatic carbocycles. The summed E-state index contributed by atoms with van der Waals surface area (Å²) in [6.07, 6.45) is 2.40. The van der Waals surface area contributed by atoms with E-state index in [2.05, 4.69) is 73.2 Å². The molecule has 21 heavy (non-hydrogen) atoms. The number of nitrogens with one attached hydrogen (secondary N) is 1. The van der Waals surface area contributed by atoms with Crippen molar-refractivity contribution in [1.29, 1.82) is 0 Å². The molecule has 1 unspecified atom stereocenters. The molecule has 1 N–H and O–H groups in total. The zero-order valence-corrected chi connectivity index (χ0v) is 15.7. The second-order valence-electron chi connectivity index (χ2n) is 5.54. The van der Waals surface area contributed by atoms with Crippen LogP contribution in [0.4, 0.5) is 0 Å². The van der Waals surface area contributed by atoms with Gasteiger partial charge in [-0.25, -0.2) is 0 Å². The van der Waals surface area contributed by atoms with Gasteiger partial charge in [0.05, 0.1) is 0 Å². The van der Waals surface area contributed by atoms with E-state index in [1.807, 2.05) is 11.3 Å². The van der Waals surface area contributed by atoms with Gasteiger partial charge in [0.2, 0.25) is 0 Å². The van der Waals surface area contributed by atoms with Gasteiger partial charge in [-0.1, -0.05) is 42.3 Å². The lowest BCUT2D eigenvalue weighted by atomic mass is 10.0. The number of hydrogen-bond donors (Lipinski definition) is 1. The maximum Gasteiger partial charge on any atom is 0.0414 e. The van der Waals surface area contributed by atoms with E-state index >= 15 is 0 Å². The van der Waals surface area contributed by atoms with E-state index in [0.717, 1.165) is 6.54 Å². The van der Waals surface area contributed by atoms with Crippen LogP contribution in [0.1, 0.15) is 48.7 Å². The van der Waals surface area contributed by atoms with Gasteiger partial charge in [0.15, 0.2) is 0 Å². The number of thiophene rings is 1. The zero-order valence-electron chi connectivity index (χ0n) is 13.3. The van der Waals surface area contributed by atoms with Crippen molar-refractivity contribution in [1.82, 2.24) is 5.32 Å². The smallest absolute Gasteiger partial charge is 0.0414 e. The molecule has 0 bridgehead atoms. The molecule has 0 amide bonds. The normalized spacial score (nSPS) is 12.6. The van der Waals surface area contributed by atoms with E-state index in [0.29, 0.717) is 6.04 Å². The molecule has 0 radical (unpaired) electrons. The molecule has 114 valence electrons. The predicted octanol–water partition coefficient (Wildman–Crippen LogP) is 6.25. The fraction of sp³-hybridized carbons (Fsp3) is 0.444. The number of aryl methyl sites for hydroxylation is 2. The number of hydrogen-bond acceptors (Lipinski definition) is 2. The minimum atomic E-state index is 0.489. The van der Waals surface area contributed by atoms with Crippen LogP contribution in [0.25, 0.3) is 10.4 Å². The second kappa shape index (κ2) is 7.57. The number of rotatable bonds is 6. The van der Waals surface area contributed by atoms with E-state index in [1.54, 1.807) is 0 Å². The highest BCUT2D eigenvalue weighted by Gasteiger charge is 2.15. The van der Waals surface area contributed by atoms with Gasteiger partial charge in [-0.15, -0.1) is 11.3 Å². The van der Waals surface area contributed by atoms with Crippen molar-refractivity contribution in [3.05, 3.63) is 44.7 Å². The van der Waals surface area contributed by atoms with Gasteiger partial charge in [0.1, 0.15) is 0 Å². The molecule has 0 saturated heterocycles. The lowest BCUT2D eigenvalue weighted by Crippen LogP contribution is -2.19. The largest absolute Gasteiger partial charge is 0.310 e. The van der Waals surface area contributed by atoms with Crippen molar-refractivity contribution < 1.29 is 0 Å². The molecule has 1 nitrogen and oxygen atoms in total.